The van der Waals surface area contributed by atoms with Crippen molar-refractivity contribution in [1.82, 2.24) is 4.90 Å². The number of hydrogen-bond acceptors (Lipinski definition) is 3. The molecule has 0 saturated carbocycles. The van der Waals surface area contributed by atoms with E-state index in [0.29, 0.717) is 32.7 Å². The van der Waals surface area contributed by atoms with Crippen molar-refractivity contribution in [2.45, 2.75) is 12.5 Å². The van der Waals surface area contributed by atoms with Gasteiger partial charge in [0.2, 0.25) is 5.91 Å². The van der Waals surface area contributed by atoms with Gasteiger partial charge in [0, 0.05) is 25.2 Å². The molecular formula is C13H15FN2O2. The van der Waals surface area contributed by atoms with E-state index in [1.165, 1.54) is 12.1 Å². The molecule has 0 bridgehead atoms. The zero-order valence-electron chi connectivity index (χ0n) is 9.99. The summed E-state index contributed by atoms with van der Waals surface area (Å²) in [5.74, 6) is -0.176. The third-order valence-electron chi connectivity index (χ3n) is 3.44. The molecule has 1 aromatic carbocycles. The molecular weight excluding hydrogens is 235 g/mol. The molecule has 2 aliphatic rings. The lowest BCUT2D eigenvalue weighted by Gasteiger charge is -2.29. The standard InChI is InChI=1S/C13H15FN2O2/c14-10-1-2-11-9(7-10)8-12(15-11)13(17)16-3-5-18-6-4-16/h1-2,7,12,15H,3-6,8H2. The van der Waals surface area contributed by atoms with Crippen LogP contribution in [0.3, 0.4) is 0 Å². The quantitative estimate of drug-likeness (QED) is 0.809. The predicted molar refractivity (Wildman–Crippen MR) is 64.9 cm³/mol. The highest BCUT2D eigenvalue weighted by Crippen LogP contribution is 2.27. The highest BCUT2D eigenvalue weighted by Gasteiger charge is 2.30. The lowest BCUT2D eigenvalue weighted by Crippen LogP contribution is -2.47. The smallest absolute Gasteiger partial charge is 0.245 e. The number of ether oxygens (including phenoxy) is 1. The third kappa shape index (κ3) is 2.06. The van der Waals surface area contributed by atoms with Gasteiger partial charge in [-0.3, -0.25) is 4.79 Å². The first kappa shape index (κ1) is 11.5. The van der Waals surface area contributed by atoms with Crippen LogP contribution < -0.4 is 5.32 Å². The van der Waals surface area contributed by atoms with Gasteiger partial charge in [-0.1, -0.05) is 0 Å². The van der Waals surface area contributed by atoms with Crippen LogP contribution in [-0.2, 0) is 16.0 Å². The van der Waals surface area contributed by atoms with Gasteiger partial charge in [0.25, 0.3) is 0 Å². The number of carbonyl (C=O) groups is 1. The first-order chi connectivity index (χ1) is 8.74. The van der Waals surface area contributed by atoms with E-state index < -0.39 is 0 Å². The molecule has 0 aliphatic carbocycles. The van der Waals surface area contributed by atoms with Gasteiger partial charge in [0.05, 0.1) is 13.2 Å². The van der Waals surface area contributed by atoms with E-state index in [-0.39, 0.29) is 17.8 Å². The summed E-state index contributed by atoms with van der Waals surface area (Å²) in [5, 5.41) is 3.16. The summed E-state index contributed by atoms with van der Waals surface area (Å²) in [6.07, 6.45) is 0.559. The topological polar surface area (TPSA) is 41.6 Å². The van der Waals surface area contributed by atoms with Gasteiger partial charge < -0.3 is 15.0 Å². The fourth-order valence-electron chi connectivity index (χ4n) is 2.48. The zero-order valence-corrected chi connectivity index (χ0v) is 9.99. The molecule has 1 fully saturated rings. The Morgan fingerprint density at radius 1 is 1.39 bits per heavy atom. The van der Waals surface area contributed by atoms with Gasteiger partial charge in [-0.2, -0.15) is 0 Å². The Morgan fingerprint density at radius 2 is 2.17 bits per heavy atom. The number of hydrogen-bond donors (Lipinski definition) is 1. The van der Waals surface area contributed by atoms with Crippen molar-refractivity contribution in [2.75, 3.05) is 31.6 Å². The van der Waals surface area contributed by atoms with E-state index in [9.17, 15) is 9.18 Å². The summed E-state index contributed by atoms with van der Waals surface area (Å²) in [4.78, 5) is 14.1. The number of nitrogens with zero attached hydrogens (tertiary/aromatic N) is 1. The van der Waals surface area contributed by atoms with Crippen LogP contribution in [0, 0.1) is 5.82 Å². The minimum atomic E-state index is -0.264. The predicted octanol–water partition coefficient (Wildman–Crippen LogP) is 1.02. The molecule has 4 nitrogen and oxygen atoms in total. The highest BCUT2D eigenvalue weighted by atomic mass is 19.1. The van der Waals surface area contributed by atoms with Crippen LogP contribution in [0.15, 0.2) is 18.2 Å². The normalized spacial score (nSPS) is 22.5. The number of carbonyl (C=O) groups excluding carboxylic acids is 1. The number of anilines is 1. The third-order valence-corrected chi connectivity index (χ3v) is 3.44. The second kappa shape index (κ2) is 4.57. The lowest BCUT2D eigenvalue weighted by atomic mass is 10.1. The van der Waals surface area contributed by atoms with Crippen molar-refractivity contribution in [3.63, 3.8) is 0 Å². The van der Waals surface area contributed by atoms with Gasteiger partial charge >= 0.3 is 0 Å². The average molecular weight is 250 g/mol. The minimum absolute atomic E-state index is 0.0786. The highest BCUT2D eigenvalue weighted by molar-refractivity contribution is 5.87. The molecule has 18 heavy (non-hydrogen) atoms. The van der Waals surface area contributed by atoms with E-state index >= 15 is 0 Å². The van der Waals surface area contributed by atoms with Gasteiger partial charge in [0.15, 0.2) is 0 Å². The Labute approximate surface area is 105 Å². The maximum Gasteiger partial charge on any atom is 0.245 e. The average Bonchev–Trinajstić information content (AvgIpc) is 2.81. The molecule has 1 atom stereocenters. The molecule has 0 spiro atoms. The van der Waals surface area contributed by atoms with Crippen molar-refractivity contribution in [3.8, 4) is 0 Å². The van der Waals surface area contributed by atoms with E-state index in [2.05, 4.69) is 5.32 Å². The molecule has 1 N–H and O–H groups in total. The largest absolute Gasteiger partial charge is 0.378 e. The summed E-state index contributed by atoms with van der Waals surface area (Å²) in [5.41, 5.74) is 1.74. The molecule has 2 aliphatic heterocycles. The summed E-state index contributed by atoms with van der Waals surface area (Å²) >= 11 is 0. The van der Waals surface area contributed by atoms with Crippen LogP contribution in [-0.4, -0.2) is 43.2 Å². The molecule has 1 unspecified atom stereocenters. The molecule has 0 radical (unpaired) electrons. The van der Waals surface area contributed by atoms with Gasteiger partial charge in [0.1, 0.15) is 11.9 Å². The fourth-order valence-corrected chi connectivity index (χ4v) is 2.48. The van der Waals surface area contributed by atoms with Gasteiger partial charge in [-0.25, -0.2) is 4.39 Å². The zero-order chi connectivity index (χ0) is 12.5. The van der Waals surface area contributed by atoms with E-state index in [1.54, 1.807) is 6.07 Å². The number of amides is 1. The maximum absolute atomic E-state index is 13.1. The molecule has 0 aromatic heterocycles. The maximum atomic E-state index is 13.1. The van der Waals surface area contributed by atoms with Crippen LogP contribution >= 0.6 is 0 Å². The molecule has 1 amide bonds. The Kier molecular flexibility index (Phi) is 2.91. The Bertz CT molecular complexity index is 472. The number of halogens is 1. The van der Waals surface area contributed by atoms with Crippen LogP contribution in [0.5, 0.6) is 0 Å². The van der Waals surface area contributed by atoms with E-state index in [4.69, 9.17) is 4.74 Å². The second-order valence-corrected chi connectivity index (χ2v) is 4.64. The van der Waals surface area contributed by atoms with Crippen LogP contribution in [0.4, 0.5) is 10.1 Å². The lowest BCUT2D eigenvalue weighted by molar-refractivity contribution is -0.135. The summed E-state index contributed by atoms with van der Waals surface area (Å²) in [6.45, 7) is 2.48. The summed E-state index contributed by atoms with van der Waals surface area (Å²) in [7, 11) is 0. The monoisotopic (exact) mass is 250 g/mol. The number of nitrogens with one attached hydrogen (secondary N) is 1. The second-order valence-electron chi connectivity index (χ2n) is 4.64. The first-order valence-corrected chi connectivity index (χ1v) is 6.15. The van der Waals surface area contributed by atoms with Gasteiger partial charge in [-0.05, 0) is 23.8 Å². The molecule has 5 heteroatoms. The van der Waals surface area contributed by atoms with Crippen molar-refractivity contribution in [1.29, 1.82) is 0 Å². The minimum Gasteiger partial charge on any atom is -0.378 e. The van der Waals surface area contributed by atoms with Crippen molar-refractivity contribution >= 4 is 11.6 Å². The molecule has 1 saturated heterocycles. The molecule has 1 aromatic rings. The van der Waals surface area contributed by atoms with Crippen molar-refractivity contribution < 1.29 is 13.9 Å². The molecule has 3 rings (SSSR count). The number of rotatable bonds is 1. The van der Waals surface area contributed by atoms with Crippen LogP contribution in [0.1, 0.15) is 5.56 Å². The van der Waals surface area contributed by atoms with Crippen LogP contribution in [0.25, 0.3) is 0 Å². The van der Waals surface area contributed by atoms with E-state index in [1.807, 2.05) is 4.90 Å². The SMILES string of the molecule is O=C(C1Cc2cc(F)ccc2N1)N1CCOCC1. The first-order valence-electron chi connectivity index (χ1n) is 6.15. The number of benzene rings is 1. The number of morpholine rings is 1. The number of fused-ring (bicyclic) bond motifs is 1. The summed E-state index contributed by atoms with van der Waals surface area (Å²) in [6, 6.07) is 4.33. The molecule has 96 valence electrons. The fraction of sp³-hybridized carbons (Fsp3) is 0.462. The van der Waals surface area contributed by atoms with Crippen molar-refractivity contribution in [2.24, 2.45) is 0 Å². The Morgan fingerprint density at radius 3 is 2.94 bits per heavy atom. The van der Waals surface area contributed by atoms with Gasteiger partial charge in [-0.15, -0.1) is 0 Å². The Balaban J connectivity index is 1.71. The molecule has 2 heterocycles. The van der Waals surface area contributed by atoms with Crippen molar-refractivity contribution in [3.05, 3.63) is 29.6 Å². The van der Waals surface area contributed by atoms with E-state index in [0.717, 1.165) is 11.3 Å². The Hall–Kier alpha value is -1.62. The van der Waals surface area contributed by atoms with Crippen LogP contribution in [0.2, 0.25) is 0 Å². The summed E-state index contributed by atoms with van der Waals surface area (Å²) < 4.78 is 18.3.